The maximum atomic E-state index is 13.6. The summed E-state index contributed by atoms with van der Waals surface area (Å²) in [6, 6.07) is 8.87. The summed E-state index contributed by atoms with van der Waals surface area (Å²) in [5.41, 5.74) is 0.574. The average molecular weight is 259 g/mol. The second kappa shape index (κ2) is 6.88. The van der Waals surface area contributed by atoms with Gasteiger partial charge in [-0.25, -0.2) is 4.39 Å². The van der Waals surface area contributed by atoms with E-state index in [-0.39, 0.29) is 11.6 Å². The molecule has 2 rings (SSSR count). The van der Waals surface area contributed by atoms with E-state index in [9.17, 15) is 9.18 Å². The minimum absolute atomic E-state index is 0.178. The minimum atomic E-state index is -0.369. The summed E-state index contributed by atoms with van der Waals surface area (Å²) < 4.78 is 13.6. The third-order valence-electron chi connectivity index (χ3n) is 3.15. The Balaban J connectivity index is 1.94. The fraction of sp³-hybridized carbons (Fsp3) is 0.312. The molecule has 19 heavy (non-hydrogen) atoms. The number of ketones is 1. The van der Waals surface area contributed by atoms with E-state index in [0.29, 0.717) is 5.56 Å². The summed E-state index contributed by atoms with van der Waals surface area (Å²) in [6.45, 7) is 1.79. The molecular weight excluding hydrogens is 241 g/mol. The van der Waals surface area contributed by atoms with Gasteiger partial charge in [-0.15, -0.1) is 0 Å². The second-order valence-corrected chi connectivity index (χ2v) is 4.67. The Morgan fingerprint density at radius 2 is 1.74 bits per heavy atom. The topological polar surface area (TPSA) is 20.3 Å². The van der Waals surface area contributed by atoms with Crippen molar-refractivity contribution in [1.82, 2.24) is 4.90 Å². The number of piperidine rings is 1. The van der Waals surface area contributed by atoms with Crippen LogP contribution in [0.25, 0.3) is 0 Å². The van der Waals surface area contributed by atoms with Crippen molar-refractivity contribution in [1.29, 1.82) is 0 Å². The molecule has 0 atom stereocenters. The first-order valence-electron chi connectivity index (χ1n) is 6.64. The molecule has 1 fully saturated rings. The fourth-order valence-electron chi connectivity index (χ4n) is 2.12. The van der Waals surface area contributed by atoms with Crippen LogP contribution in [0.5, 0.6) is 0 Å². The van der Waals surface area contributed by atoms with Crippen LogP contribution in [0.1, 0.15) is 29.6 Å². The van der Waals surface area contributed by atoms with E-state index in [1.165, 1.54) is 24.8 Å². The normalized spacial score (nSPS) is 16.9. The quantitative estimate of drug-likeness (QED) is 0.466. The average Bonchev–Trinajstić information content (AvgIpc) is 2.47. The molecule has 1 saturated heterocycles. The van der Waals surface area contributed by atoms with Crippen LogP contribution in [-0.2, 0) is 0 Å². The van der Waals surface area contributed by atoms with Crippen LogP contribution >= 0.6 is 0 Å². The van der Waals surface area contributed by atoms with E-state index in [1.54, 1.807) is 24.3 Å². The summed E-state index contributed by atoms with van der Waals surface area (Å²) in [4.78, 5) is 13.7. The Morgan fingerprint density at radius 1 is 1.05 bits per heavy atom. The maximum absolute atomic E-state index is 13.6. The van der Waals surface area contributed by atoms with Crippen LogP contribution in [0.2, 0.25) is 0 Å². The molecule has 0 bridgehead atoms. The minimum Gasteiger partial charge on any atom is -0.375 e. The van der Waals surface area contributed by atoms with E-state index >= 15 is 0 Å². The number of rotatable bonds is 4. The zero-order valence-corrected chi connectivity index (χ0v) is 10.9. The van der Waals surface area contributed by atoms with Crippen molar-refractivity contribution in [3.05, 3.63) is 60.1 Å². The molecule has 1 aliphatic rings. The van der Waals surface area contributed by atoms with Crippen LogP contribution in [0.4, 0.5) is 4.39 Å². The zero-order chi connectivity index (χ0) is 13.5. The third-order valence-corrected chi connectivity index (χ3v) is 3.15. The largest absolute Gasteiger partial charge is 0.375 e. The molecule has 0 N–H and O–H groups in total. The van der Waals surface area contributed by atoms with Gasteiger partial charge in [0.2, 0.25) is 0 Å². The molecule has 0 saturated carbocycles. The lowest BCUT2D eigenvalue weighted by Crippen LogP contribution is -2.24. The standard InChI is InChI=1S/C16H18FNO/c17-15(13-18-11-5-2-6-12-18)9-10-16(19)14-7-3-1-4-8-14/h1,3-4,7-10,13H,2,5-6,11-12H2/b10-9+,15-13-. The Bertz CT molecular complexity index is 473. The van der Waals surface area contributed by atoms with Gasteiger partial charge in [0, 0.05) is 24.9 Å². The number of carbonyl (C=O) groups is 1. The number of hydrogen-bond donors (Lipinski definition) is 0. The number of allylic oxidation sites excluding steroid dienone is 3. The van der Waals surface area contributed by atoms with E-state index in [4.69, 9.17) is 0 Å². The molecule has 0 aromatic heterocycles. The summed E-state index contributed by atoms with van der Waals surface area (Å²) in [5.74, 6) is -0.547. The molecule has 0 radical (unpaired) electrons. The van der Waals surface area contributed by atoms with Gasteiger partial charge in [0.15, 0.2) is 5.78 Å². The lowest BCUT2D eigenvalue weighted by atomic mass is 10.1. The van der Waals surface area contributed by atoms with Gasteiger partial charge < -0.3 is 4.90 Å². The molecule has 0 spiro atoms. The highest BCUT2D eigenvalue weighted by molar-refractivity contribution is 6.04. The maximum Gasteiger partial charge on any atom is 0.185 e. The SMILES string of the molecule is O=C(/C=C/C(F)=C/N1CCCCC1)c1ccccc1. The third kappa shape index (κ3) is 4.36. The monoisotopic (exact) mass is 259 g/mol. The lowest BCUT2D eigenvalue weighted by molar-refractivity contribution is 0.104. The van der Waals surface area contributed by atoms with Crippen molar-refractivity contribution in [2.45, 2.75) is 19.3 Å². The van der Waals surface area contributed by atoms with Gasteiger partial charge in [-0.1, -0.05) is 30.3 Å². The second-order valence-electron chi connectivity index (χ2n) is 4.67. The molecular formula is C16H18FNO. The first-order valence-corrected chi connectivity index (χ1v) is 6.64. The number of hydrogen-bond acceptors (Lipinski definition) is 2. The van der Waals surface area contributed by atoms with Crippen molar-refractivity contribution in [3.63, 3.8) is 0 Å². The van der Waals surface area contributed by atoms with Crippen molar-refractivity contribution >= 4 is 5.78 Å². The molecule has 2 nitrogen and oxygen atoms in total. The van der Waals surface area contributed by atoms with Crippen LogP contribution in [0.15, 0.2) is 54.5 Å². The van der Waals surface area contributed by atoms with Crippen LogP contribution in [0, 0.1) is 0 Å². The molecule has 0 unspecified atom stereocenters. The van der Waals surface area contributed by atoms with Gasteiger partial charge in [0.1, 0.15) is 5.83 Å². The van der Waals surface area contributed by atoms with Crippen molar-refractivity contribution in [3.8, 4) is 0 Å². The predicted octanol–water partition coefficient (Wildman–Crippen LogP) is 3.72. The summed E-state index contributed by atoms with van der Waals surface area (Å²) >= 11 is 0. The molecule has 100 valence electrons. The highest BCUT2D eigenvalue weighted by Gasteiger charge is 2.07. The number of halogens is 1. The first-order chi connectivity index (χ1) is 9.25. The Labute approximate surface area is 113 Å². The van der Waals surface area contributed by atoms with E-state index < -0.39 is 0 Å². The van der Waals surface area contributed by atoms with Gasteiger partial charge in [-0.05, 0) is 31.4 Å². The van der Waals surface area contributed by atoms with Gasteiger partial charge in [0.25, 0.3) is 0 Å². The molecule has 1 heterocycles. The molecule has 1 aromatic carbocycles. The van der Waals surface area contributed by atoms with Crippen molar-refractivity contribution < 1.29 is 9.18 Å². The summed E-state index contributed by atoms with van der Waals surface area (Å²) in [5, 5.41) is 0. The number of likely N-dealkylation sites (tertiary alicyclic amines) is 1. The summed E-state index contributed by atoms with van der Waals surface area (Å²) in [6.07, 6.45) is 7.45. The smallest absolute Gasteiger partial charge is 0.185 e. The number of carbonyl (C=O) groups excluding carboxylic acids is 1. The highest BCUT2D eigenvalue weighted by Crippen LogP contribution is 2.12. The molecule has 0 amide bonds. The molecule has 1 aromatic rings. The highest BCUT2D eigenvalue weighted by atomic mass is 19.1. The first kappa shape index (κ1) is 13.5. The van der Waals surface area contributed by atoms with E-state index in [1.807, 2.05) is 11.0 Å². The molecule has 0 aliphatic carbocycles. The molecule has 1 aliphatic heterocycles. The van der Waals surface area contributed by atoms with E-state index in [2.05, 4.69) is 0 Å². The van der Waals surface area contributed by atoms with Crippen molar-refractivity contribution in [2.24, 2.45) is 0 Å². The fourth-order valence-corrected chi connectivity index (χ4v) is 2.12. The van der Waals surface area contributed by atoms with Crippen LogP contribution in [0.3, 0.4) is 0 Å². The predicted molar refractivity (Wildman–Crippen MR) is 74.5 cm³/mol. The Morgan fingerprint density at radius 3 is 2.42 bits per heavy atom. The lowest BCUT2D eigenvalue weighted by Gasteiger charge is -2.24. The zero-order valence-electron chi connectivity index (χ0n) is 10.9. The van der Waals surface area contributed by atoms with Crippen LogP contribution < -0.4 is 0 Å². The number of benzene rings is 1. The van der Waals surface area contributed by atoms with Crippen molar-refractivity contribution in [2.75, 3.05) is 13.1 Å². The van der Waals surface area contributed by atoms with Gasteiger partial charge in [-0.2, -0.15) is 0 Å². The molecule has 3 heteroatoms. The number of nitrogens with zero attached hydrogens (tertiary/aromatic N) is 1. The Hall–Kier alpha value is -1.90. The van der Waals surface area contributed by atoms with Gasteiger partial charge in [0.05, 0.1) is 0 Å². The van der Waals surface area contributed by atoms with Gasteiger partial charge >= 0.3 is 0 Å². The Kier molecular flexibility index (Phi) is 4.90. The van der Waals surface area contributed by atoms with E-state index in [0.717, 1.165) is 25.9 Å². The van der Waals surface area contributed by atoms with Gasteiger partial charge in [-0.3, -0.25) is 4.79 Å². The summed E-state index contributed by atoms with van der Waals surface area (Å²) in [7, 11) is 0. The van der Waals surface area contributed by atoms with Crippen LogP contribution in [-0.4, -0.2) is 23.8 Å².